The van der Waals surface area contributed by atoms with Gasteiger partial charge >= 0.3 is 0 Å². The molecule has 2 amide bonds. The van der Waals surface area contributed by atoms with E-state index >= 15 is 0 Å². The molecule has 1 aromatic carbocycles. The normalized spacial score (nSPS) is 17.1. The smallest absolute Gasteiger partial charge is 0.251 e. The van der Waals surface area contributed by atoms with Crippen LogP contribution in [0.3, 0.4) is 0 Å². The van der Waals surface area contributed by atoms with Gasteiger partial charge in [-0.25, -0.2) is 0 Å². The van der Waals surface area contributed by atoms with E-state index in [9.17, 15) is 9.59 Å². The summed E-state index contributed by atoms with van der Waals surface area (Å²) in [7, 11) is 1.73. The summed E-state index contributed by atoms with van der Waals surface area (Å²) in [6.45, 7) is 6.46. The van der Waals surface area contributed by atoms with Crippen molar-refractivity contribution in [2.75, 3.05) is 26.7 Å². The van der Waals surface area contributed by atoms with Crippen molar-refractivity contribution in [1.29, 1.82) is 0 Å². The van der Waals surface area contributed by atoms with Gasteiger partial charge in [0, 0.05) is 51.3 Å². The molecule has 0 aliphatic carbocycles. The van der Waals surface area contributed by atoms with E-state index in [0.29, 0.717) is 37.6 Å². The standard InChI is InChI=1S/C19H29N5O2/c1-4-17(25)24-10-9-16(13-24)23-19(20-3)22-12-14-7-6-8-15(11-14)18(26)21-5-2/h6-8,11,16H,4-5,9-10,12-13H2,1-3H3,(H,21,26)(H2,20,22,23). The van der Waals surface area contributed by atoms with Crippen molar-refractivity contribution in [3.63, 3.8) is 0 Å². The lowest BCUT2D eigenvalue weighted by Crippen LogP contribution is -2.44. The number of hydrogen-bond donors (Lipinski definition) is 3. The molecule has 1 unspecified atom stereocenters. The molecule has 142 valence electrons. The van der Waals surface area contributed by atoms with Crippen LogP contribution in [0.1, 0.15) is 42.6 Å². The van der Waals surface area contributed by atoms with Crippen LogP contribution in [0.25, 0.3) is 0 Å². The first-order valence-corrected chi connectivity index (χ1v) is 9.19. The zero-order valence-electron chi connectivity index (χ0n) is 15.8. The van der Waals surface area contributed by atoms with E-state index in [2.05, 4.69) is 20.9 Å². The molecule has 0 aromatic heterocycles. The number of guanidine groups is 1. The zero-order valence-corrected chi connectivity index (χ0v) is 15.8. The summed E-state index contributed by atoms with van der Waals surface area (Å²) in [5.74, 6) is 0.826. The Morgan fingerprint density at radius 1 is 1.27 bits per heavy atom. The molecule has 7 nitrogen and oxygen atoms in total. The second-order valence-electron chi connectivity index (χ2n) is 6.31. The Bertz CT molecular complexity index is 659. The van der Waals surface area contributed by atoms with Crippen molar-refractivity contribution in [3.05, 3.63) is 35.4 Å². The van der Waals surface area contributed by atoms with Crippen molar-refractivity contribution in [2.24, 2.45) is 4.99 Å². The van der Waals surface area contributed by atoms with Crippen LogP contribution < -0.4 is 16.0 Å². The molecule has 0 bridgehead atoms. The van der Waals surface area contributed by atoms with E-state index in [1.807, 2.05) is 36.9 Å². The molecule has 1 aliphatic rings. The number of hydrogen-bond acceptors (Lipinski definition) is 3. The topological polar surface area (TPSA) is 85.8 Å². The molecule has 1 aromatic rings. The van der Waals surface area contributed by atoms with Crippen molar-refractivity contribution < 1.29 is 9.59 Å². The fraction of sp³-hybridized carbons (Fsp3) is 0.526. The average Bonchev–Trinajstić information content (AvgIpc) is 3.13. The second-order valence-corrected chi connectivity index (χ2v) is 6.31. The fourth-order valence-electron chi connectivity index (χ4n) is 2.99. The third-order valence-corrected chi connectivity index (χ3v) is 4.39. The van der Waals surface area contributed by atoms with Gasteiger partial charge in [-0.2, -0.15) is 0 Å². The minimum absolute atomic E-state index is 0.0662. The van der Waals surface area contributed by atoms with Gasteiger partial charge in [0.25, 0.3) is 5.91 Å². The molecule has 26 heavy (non-hydrogen) atoms. The maximum absolute atomic E-state index is 11.9. The van der Waals surface area contributed by atoms with Crippen LogP contribution >= 0.6 is 0 Å². The molecule has 0 saturated carbocycles. The number of benzene rings is 1. The van der Waals surface area contributed by atoms with Gasteiger partial charge in [0.15, 0.2) is 5.96 Å². The van der Waals surface area contributed by atoms with Gasteiger partial charge in [0.1, 0.15) is 0 Å². The first-order valence-electron chi connectivity index (χ1n) is 9.19. The van der Waals surface area contributed by atoms with Crippen molar-refractivity contribution >= 4 is 17.8 Å². The van der Waals surface area contributed by atoms with Crippen LogP contribution in [0, 0.1) is 0 Å². The number of amides is 2. The van der Waals surface area contributed by atoms with Gasteiger partial charge < -0.3 is 20.9 Å². The molecule has 0 radical (unpaired) electrons. The van der Waals surface area contributed by atoms with Gasteiger partial charge in [0.05, 0.1) is 0 Å². The Morgan fingerprint density at radius 2 is 2.08 bits per heavy atom. The van der Waals surface area contributed by atoms with Gasteiger partial charge in [-0.3, -0.25) is 14.6 Å². The van der Waals surface area contributed by atoms with Crippen LogP contribution in [-0.4, -0.2) is 55.4 Å². The Labute approximate surface area is 155 Å². The van der Waals surface area contributed by atoms with Crippen LogP contribution in [0.4, 0.5) is 0 Å². The molecular weight excluding hydrogens is 330 g/mol. The highest BCUT2D eigenvalue weighted by molar-refractivity contribution is 5.94. The van der Waals surface area contributed by atoms with E-state index in [1.165, 1.54) is 0 Å². The van der Waals surface area contributed by atoms with E-state index in [4.69, 9.17) is 0 Å². The molecule has 1 fully saturated rings. The first-order chi connectivity index (χ1) is 12.6. The Kier molecular flexibility index (Phi) is 7.44. The van der Waals surface area contributed by atoms with Crippen molar-refractivity contribution in [1.82, 2.24) is 20.9 Å². The lowest BCUT2D eigenvalue weighted by Gasteiger charge is -2.19. The van der Waals surface area contributed by atoms with E-state index < -0.39 is 0 Å². The maximum atomic E-state index is 11.9. The summed E-state index contributed by atoms with van der Waals surface area (Å²) in [5, 5.41) is 9.44. The molecule has 1 saturated heterocycles. The largest absolute Gasteiger partial charge is 0.352 e. The monoisotopic (exact) mass is 359 g/mol. The summed E-state index contributed by atoms with van der Waals surface area (Å²) >= 11 is 0. The summed E-state index contributed by atoms with van der Waals surface area (Å²) in [6.07, 6.45) is 1.46. The zero-order chi connectivity index (χ0) is 18.9. The Morgan fingerprint density at radius 3 is 2.77 bits per heavy atom. The third kappa shape index (κ3) is 5.47. The number of aliphatic imine (C=N–C) groups is 1. The molecule has 3 N–H and O–H groups in total. The summed E-state index contributed by atoms with van der Waals surface area (Å²) in [6, 6.07) is 7.74. The molecule has 2 rings (SSSR count). The van der Waals surface area contributed by atoms with Crippen LogP contribution in [0.15, 0.2) is 29.3 Å². The number of nitrogens with zero attached hydrogens (tertiary/aromatic N) is 2. The maximum Gasteiger partial charge on any atom is 0.251 e. The Balaban J connectivity index is 1.87. The predicted molar refractivity (Wildman–Crippen MR) is 103 cm³/mol. The first kappa shape index (κ1) is 19.8. The van der Waals surface area contributed by atoms with Gasteiger partial charge in [-0.05, 0) is 31.0 Å². The van der Waals surface area contributed by atoms with Crippen LogP contribution in [0.5, 0.6) is 0 Å². The second kappa shape index (κ2) is 9.79. The predicted octanol–water partition coefficient (Wildman–Crippen LogP) is 1.11. The fourth-order valence-corrected chi connectivity index (χ4v) is 2.99. The lowest BCUT2D eigenvalue weighted by molar-refractivity contribution is -0.129. The highest BCUT2D eigenvalue weighted by Gasteiger charge is 2.25. The average molecular weight is 359 g/mol. The molecule has 7 heteroatoms. The van der Waals surface area contributed by atoms with Crippen LogP contribution in [0.2, 0.25) is 0 Å². The van der Waals surface area contributed by atoms with E-state index in [-0.39, 0.29) is 17.9 Å². The quantitative estimate of drug-likeness (QED) is 0.525. The number of nitrogens with one attached hydrogen (secondary N) is 3. The summed E-state index contributed by atoms with van der Waals surface area (Å²) < 4.78 is 0. The molecule has 1 heterocycles. The molecule has 1 aliphatic heterocycles. The van der Waals surface area contributed by atoms with E-state index in [0.717, 1.165) is 18.5 Å². The SMILES string of the molecule is CCNC(=O)c1cccc(CNC(=NC)NC2CCN(C(=O)CC)C2)c1. The molecular formula is C19H29N5O2. The third-order valence-electron chi connectivity index (χ3n) is 4.39. The van der Waals surface area contributed by atoms with Gasteiger partial charge in [-0.15, -0.1) is 0 Å². The van der Waals surface area contributed by atoms with Gasteiger partial charge in [-0.1, -0.05) is 19.1 Å². The van der Waals surface area contributed by atoms with E-state index in [1.54, 1.807) is 13.1 Å². The summed E-state index contributed by atoms with van der Waals surface area (Å²) in [5.41, 5.74) is 1.66. The highest BCUT2D eigenvalue weighted by Crippen LogP contribution is 2.10. The number of carbonyl (C=O) groups is 2. The summed E-state index contributed by atoms with van der Waals surface area (Å²) in [4.78, 5) is 29.9. The number of carbonyl (C=O) groups excluding carboxylic acids is 2. The number of likely N-dealkylation sites (tertiary alicyclic amines) is 1. The van der Waals surface area contributed by atoms with Crippen molar-refractivity contribution in [2.45, 2.75) is 39.3 Å². The minimum Gasteiger partial charge on any atom is -0.352 e. The van der Waals surface area contributed by atoms with Crippen LogP contribution in [-0.2, 0) is 11.3 Å². The highest BCUT2D eigenvalue weighted by atomic mass is 16.2. The molecule has 1 atom stereocenters. The Hall–Kier alpha value is -2.57. The van der Waals surface area contributed by atoms with Crippen molar-refractivity contribution in [3.8, 4) is 0 Å². The molecule has 0 spiro atoms. The number of rotatable bonds is 6. The lowest BCUT2D eigenvalue weighted by atomic mass is 10.1. The van der Waals surface area contributed by atoms with Gasteiger partial charge in [0.2, 0.25) is 5.91 Å². The minimum atomic E-state index is -0.0662.